The van der Waals surface area contributed by atoms with E-state index >= 15 is 0 Å². The molecule has 1 saturated heterocycles. The van der Waals surface area contributed by atoms with E-state index in [9.17, 15) is 18.3 Å². The number of carboxylic acids is 1. The second kappa shape index (κ2) is 13.3. The van der Waals surface area contributed by atoms with E-state index in [4.69, 9.17) is 19.3 Å². The van der Waals surface area contributed by atoms with Crippen molar-refractivity contribution in [2.24, 2.45) is 5.41 Å². The molecule has 2 aliphatic heterocycles. The summed E-state index contributed by atoms with van der Waals surface area (Å²) in [6.07, 6.45) is 3.20. The summed E-state index contributed by atoms with van der Waals surface area (Å²) in [5.74, 6) is -0.637. The van der Waals surface area contributed by atoms with Crippen LogP contribution in [0.25, 0.3) is 5.65 Å². The van der Waals surface area contributed by atoms with Crippen LogP contribution < -0.4 is 9.47 Å². The van der Waals surface area contributed by atoms with E-state index < -0.39 is 32.9 Å². The number of benzene rings is 1. The van der Waals surface area contributed by atoms with Crippen LogP contribution in [0.3, 0.4) is 0 Å². The number of ether oxygens (including phenoxy) is 3. The van der Waals surface area contributed by atoms with Gasteiger partial charge < -0.3 is 24.4 Å². The van der Waals surface area contributed by atoms with E-state index in [1.165, 1.54) is 16.4 Å². The number of carbonyl (C=O) groups is 1. The average Bonchev–Trinajstić information content (AvgIpc) is 3.41. The van der Waals surface area contributed by atoms with Crippen LogP contribution in [-0.4, -0.2) is 87.1 Å². The smallest absolute Gasteiger partial charge is 0.310 e. The Morgan fingerprint density at radius 1 is 1.10 bits per heavy atom. The number of rotatable bonds is 10. The Balaban J connectivity index is 1.43. The summed E-state index contributed by atoms with van der Waals surface area (Å²) in [6, 6.07) is 10.6. The van der Waals surface area contributed by atoms with E-state index in [0.29, 0.717) is 38.1 Å². The highest BCUT2D eigenvalue weighted by Gasteiger charge is 2.46. The van der Waals surface area contributed by atoms with Crippen molar-refractivity contribution in [3.63, 3.8) is 0 Å². The van der Waals surface area contributed by atoms with E-state index in [2.05, 4.69) is 15.2 Å². The van der Waals surface area contributed by atoms with Gasteiger partial charge in [-0.2, -0.15) is 9.29 Å². The number of fused-ring (bicyclic) bond motifs is 2. The third-order valence-electron chi connectivity index (χ3n) is 9.83. The molecule has 14 heteroatoms. The van der Waals surface area contributed by atoms with Gasteiger partial charge in [-0.3, -0.25) is 9.20 Å². The van der Waals surface area contributed by atoms with Crippen molar-refractivity contribution in [3.8, 4) is 11.8 Å². The number of aliphatic carboxylic acids is 1. The average molecular weight is 694 g/mol. The summed E-state index contributed by atoms with van der Waals surface area (Å²) in [5.41, 5.74) is 2.51. The van der Waals surface area contributed by atoms with Gasteiger partial charge in [-0.25, -0.2) is 8.42 Å². The van der Waals surface area contributed by atoms with E-state index in [-0.39, 0.29) is 43.0 Å². The van der Waals surface area contributed by atoms with Gasteiger partial charge in [0, 0.05) is 50.6 Å². The zero-order valence-corrected chi connectivity index (χ0v) is 29.3. The van der Waals surface area contributed by atoms with Gasteiger partial charge in [0.1, 0.15) is 16.3 Å². The minimum absolute atomic E-state index is 0.0192. The number of aliphatic hydroxyl groups is 1. The van der Waals surface area contributed by atoms with Crippen molar-refractivity contribution in [3.05, 3.63) is 76.2 Å². The number of hydrogen-bond acceptors (Lipinski definition) is 10. The second-order valence-corrected chi connectivity index (χ2v) is 15.4. The molecule has 0 radical (unpaired) electrons. The molecule has 1 aromatic carbocycles. The first-order valence-electron chi connectivity index (χ1n) is 16.4. The lowest BCUT2D eigenvalue weighted by Crippen LogP contribution is -2.50. The zero-order valence-electron chi connectivity index (χ0n) is 28.5. The molecule has 0 aliphatic carbocycles. The second-order valence-electron chi connectivity index (χ2n) is 13.5. The molecule has 0 unspecified atom stereocenters. The number of aliphatic hydroxyl groups excluding tert-OH is 1. The lowest BCUT2D eigenvalue weighted by atomic mass is 9.70. The van der Waals surface area contributed by atoms with Gasteiger partial charge in [0.25, 0.3) is 0 Å². The van der Waals surface area contributed by atoms with E-state index in [1.54, 1.807) is 13.8 Å². The summed E-state index contributed by atoms with van der Waals surface area (Å²) in [4.78, 5) is 17.2. The fourth-order valence-electron chi connectivity index (χ4n) is 6.79. The Bertz CT molecular complexity index is 1990. The van der Waals surface area contributed by atoms with Gasteiger partial charge in [-0.15, -0.1) is 10.2 Å². The Morgan fingerprint density at radius 2 is 1.86 bits per heavy atom. The number of hydrogen-bond donors (Lipinski definition) is 2. The zero-order chi connectivity index (χ0) is 35.1. The molecule has 1 spiro atoms. The number of aryl methyl sites for hydroxylation is 3. The predicted molar refractivity (Wildman–Crippen MR) is 179 cm³/mol. The lowest BCUT2D eigenvalue weighted by molar-refractivity contribution is -0.147. The number of nitrogens with zero attached hydrogens (tertiary/aromatic N) is 5. The Hall–Kier alpha value is -4.11. The van der Waals surface area contributed by atoms with E-state index in [1.807, 2.05) is 55.6 Å². The summed E-state index contributed by atoms with van der Waals surface area (Å²) < 4.78 is 49.9. The topological polar surface area (TPSA) is 166 Å². The number of aromatic nitrogens is 4. The van der Waals surface area contributed by atoms with Gasteiger partial charge in [0.05, 0.1) is 31.8 Å². The van der Waals surface area contributed by atoms with Crippen LogP contribution in [0.15, 0.2) is 47.5 Å². The fourth-order valence-corrected chi connectivity index (χ4v) is 8.33. The monoisotopic (exact) mass is 693 g/mol. The predicted octanol–water partition coefficient (Wildman–Crippen LogP) is 4.19. The van der Waals surface area contributed by atoms with Crippen molar-refractivity contribution in [1.29, 1.82) is 0 Å². The molecule has 5 heterocycles. The third kappa shape index (κ3) is 6.50. The maximum Gasteiger partial charge on any atom is 0.310 e. The molecule has 2 N–H and O–H groups in total. The van der Waals surface area contributed by atoms with Crippen LogP contribution in [0.1, 0.15) is 72.7 Å². The molecule has 49 heavy (non-hydrogen) atoms. The molecule has 0 bridgehead atoms. The molecule has 262 valence electrons. The minimum atomic E-state index is -4.11. The first kappa shape index (κ1) is 34.7. The lowest BCUT2D eigenvalue weighted by Gasteiger charge is -2.38. The Morgan fingerprint density at radius 3 is 2.57 bits per heavy atom. The Kier molecular flexibility index (Phi) is 9.44. The third-order valence-corrected chi connectivity index (χ3v) is 11.6. The first-order chi connectivity index (χ1) is 23.3. The van der Waals surface area contributed by atoms with Crippen LogP contribution >= 0.6 is 0 Å². The normalized spacial score (nSPS) is 18.1. The minimum Gasteiger partial charge on any atom is -0.481 e. The number of sulfonamides is 1. The van der Waals surface area contributed by atoms with Crippen molar-refractivity contribution < 1.29 is 37.6 Å². The van der Waals surface area contributed by atoms with Crippen LogP contribution in [0.4, 0.5) is 0 Å². The Labute approximate surface area is 285 Å². The highest BCUT2D eigenvalue weighted by Crippen LogP contribution is 2.44. The molecule has 3 aromatic heterocycles. The molecule has 1 atom stereocenters. The van der Waals surface area contributed by atoms with Crippen molar-refractivity contribution >= 4 is 21.6 Å². The summed E-state index contributed by atoms with van der Waals surface area (Å²) in [5, 5.41) is 28.2. The SMILES string of the molecule is Cc1ccc([C@H](c2ccn3c(C)nnc3c2C)C(C)(C)C(=O)O)cc1CN1CC2(CCOCC2)Oc2nc(OCCCO)ccc2S1(=O)=O. The standard InChI is InChI=1S/C35H43N5O8S/c1-22-7-8-25(30(34(4,5)33(42)43)27-11-14-40-24(3)37-38-31(40)23(27)2)19-26(22)20-39-21-35(12-17-46-18-13-35)48-32-28(49(39,44)45)9-10-29(36-32)47-16-6-15-41/h7-11,14,19,30,41H,6,12-13,15-18,20-21H2,1-5H3,(H,42,43)/t30-/m1/s1. The van der Waals surface area contributed by atoms with Gasteiger partial charge >= 0.3 is 5.97 Å². The largest absolute Gasteiger partial charge is 0.481 e. The first-order valence-corrected chi connectivity index (χ1v) is 17.9. The van der Waals surface area contributed by atoms with Gasteiger partial charge in [-0.05, 0) is 74.6 Å². The summed E-state index contributed by atoms with van der Waals surface area (Å²) in [6.45, 7) is 10.2. The van der Waals surface area contributed by atoms with Crippen LogP contribution in [0.2, 0.25) is 0 Å². The maximum absolute atomic E-state index is 14.4. The molecule has 0 saturated carbocycles. The van der Waals surface area contributed by atoms with Gasteiger partial charge in [-0.1, -0.05) is 18.2 Å². The summed E-state index contributed by atoms with van der Waals surface area (Å²) >= 11 is 0. The van der Waals surface area contributed by atoms with Gasteiger partial charge in [0.2, 0.25) is 21.8 Å². The molecule has 2 aliphatic rings. The maximum atomic E-state index is 14.4. The van der Waals surface area contributed by atoms with Crippen molar-refractivity contribution in [2.45, 2.75) is 76.8 Å². The molecule has 0 amide bonds. The van der Waals surface area contributed by atoms with Crippen molar-refractivity contribution in [1.82, 2.24) is 23.9 Å². The van der Waals surface area contributed by atoms with Gasteiger partial charge in [0.15, 0.2) is 5.65 Å². The fraction of sp³-hybridized carbons (Fsp3) is 0.486. The molecular formula is C35H43N5O8S. The molecule has 4 aromatic rings. The molecule has 13 nitrogen and oxygen atoms in total. The van der Waals surface area contributed by atoms with E-state index in [0.717, 1.165) is 33.6 Å². The van der Waals surface area contributed by atoms with Crippen molar-refractivity contribution in [2.75, 3.05) is 33.0 Å². The van der Waals surface area contributed by atoms with Crippen LogP contribution in [0.5, 0.6) is 11.8 Å². The number of carboxylic acid groups (broad SMARTS) is 1. The van der Waals surface area contributed by atoms with Crippen LogP contribution in [-0.2, 0) is 26.1 Å². The molecular weight excluding hydrogens is 650 g/mol. The highest BCUT2D eigenvalue weighted by atomic mass is 32.2. The van der Waals surface area contributed by atoms with Crippen LogP contribution in [0, 0.1) is 26.2 Å². The molecule has 1 fully saturated rings. The highest BCUT2D eigenvalue weighted by molar-refractivity contribution is 7.89. The number of pyridine rings is 2. The molecule has 6 rings (SSSR count). The quantitative estimate of drug-likeness (QED) is 0.229. The summed E-state index contributed by atoms with van der Waals surface area (Å²) in [7, 11) is -4.11.